The van der Waals surface area contributed by atoms with Gasteiger partial charge >= 0.3 is 0 Å². The van der Waals surface area contributed by atoms with Crippen molar-refractivity contribution in [2.45, 2.75) is 6.92 Å². The van der Waals surface area contributed by atoms with E-state index in [0.29, 0.717) is 47.6 Å². The van der Waals surface area contributed by atoms with Crippen LogP contribution < -0.4 is 4.90 Å². The molecule has 1 amide bonds. The molecule has 0 N–H and O–H groups in total. The Morgan fingerprint density at radius 1 is 0.964 bits per heavy atom. The molecular formula is C19H18Cl2N6O. The van der Waals surface area contributed by atoms with Crippen molar-refractivity contribution in [2.75, 3.05) is 31.1 Å². The Morgan fingerprint density at radius 3 is 2.29 bits per heavy atom. The van der Waals surface area contributed by atoms with Gasteiger partial charge in [0.2, 0.25) is 0 Å². The second-order valence-electron chi connectivity index (χ2n) is 6.55. The Bertz CT molecular complexity index is 996. The fourth-order valence-electron chi connectivity index (χ4n) is 3.12. The highest BCUT2D eigenvalue weighted by molar-refractivity contribution is 6.36. The number of amides is 1. The van der Waals surface area contributed by atoms with Gasteiger partial charge in [-0.05, 0) is 43.3 Å². The van der Waals surface area contributed by atoms with Gasteiger partial charge in [0.1, 0.15) is 0 Å². The number of aryl methyl sites for hydroxylation is 1. The van der Waals surface area contributed by atoms with E-state index in [2.05, 4.69) is 20.2 Å². The first kappa shape index (κ1) is 18.7. The molecule has 0 spiro atoms. The van der Waals surface area contributed by atoms with Crippen molar-refractivity contribution in [3.63, 3.8) is 0 Å². The minimum Gasteiger partial charge on any atom is -0.352 e. The van der Waals surface area contributed by atoms with Gasteiger partial charge in [-0.2, -0.15) is 5.10 Å². The van der Waals surface area contributed by atoms with Crippen LogP contribution in [0.2, 0.25) is 10.0 Å². The molecule has 7 nitrogen and oxygen atoms in total. The van der Waals surface area contributed by atoms with Crippen LogP contribution in [0.1, 0.15) is 16.1 Å². The van der Waals surface area contributed by atoms with E-state index in [4.69, 9.17) is 23.2 Å². The molecule has 1 aromatic carbocycles. The highest BCUT2D eigenvalue weighted by Crippen LogP contribution is 2.23. The monoisotopic (exact) mass is 416 g/mol. The van der Waals surface area contributed by atoms with E-state index in [-0.39, 0.29) is 5.91 Å². The minimum atomic E-state index is -0.0863. The SMILES string of the molecule is Cc1ccn(-c2ccc(N3CCN(C(=O)c4ccc(Cl)cc4Cl)CC3)nn2)n1. The van der Waals surface area contributed by atoms with Crippen molar-refractivity contribution in [3.05, 3.63) is 63.9 Å². The molecular weight excluding hydrogens is 399 g/mol. The van der Waals surface area contributed by atoms with E-state index < -0.39 is 0 Å². The number of anilines is 1. The van der Waals surface area contributed by atoms with Crippen molar-refractivity contribution in [2.24, 2.45) is 0 Å². The van der Waals surface area contributed by atoms with Crippen molar-refractivity contribution in [3.8, 4) is 5.82 Å². The fraction of sp³-hybridized carbons (Fsp3) is 0.263. The summed E-state index contributed by atoms with van der Waals surface area (Å²) < 4.78 is 1.69. The van der Waals surface area contributed by atoms with Crippen LogP contribution >= 0.6 is 23.2 Å². The predicted octanol–water partition coefficient (Wildman–Crippen LogP) is 3.24. The van der Waals surface area contributed by atoms with Crippen LogP contribution in [0.15, 0.2) is 42.6 Å². The molecule has 28 heavy (non-hydrogen) atoms. The van der Waals surface area contributed by atoms with Crippen LogP contribution in [0.25, 0.3) is 5.82 Å². The number of aromatic nitrogens is 4. The van der Waals surface area contributed by atoms with E-state index in [1.54, 1.807) is 27.8 Å². The van der Waals surface area contributed by atoms with Crippen LogP contribution in [0.4, 0.5) is 5.82 Å². The number of halogens is 2. The molecule has 0 bridgehead atoms. The lowest BCUT2D eigenvalue weighted by Gasteiger charge is -2.35. The molecule has 4 rings (SSSR count). The quantitative estimate of drug-likeness (QED) is 0.655. The molecule has 1 aliphatic heterocycles. The summed E-state index contributed by atoms with van der Waals surface area (Å²) in [5.74, 6) is 1.36. The molecule has 3 aromatic rings. The molecule has 9 heteroatoms. The normalized spacial score (nSPS) is 14.4. The average Bonchev–Trinajstić information content (AvgIpc) is 3.14. The highest BCUT2D eigenvalue weighted by atomic mass is 35.5. The summed E-state index contributed by atoms with van der Waals surface area (Å²) in [6, 6.07) is 10.7. The number of nitrogens with zero attached hydrogens (tertiary/aromatic N) is 6. The Morgan fingerprint density at radius 2 is 1.68 bits per heavy atom. The summed E-state index contributed by atoms with van der Waals surface area (Å²) in [6.07, 6.45) is 1.85. The molecule has 0 saturated carbocycles. The van der Waals surface area contributed by atoms with Crippen LogP contribution in [0.5, 0.6) is 0 Å². The van der Waals surface area contributed by atoms with Crippen LogP contribution in [0.3, 0.4) is 0 Å². The zero-order chi connectivity index (χ0) is 19.7. The Kier molecular flexibility index (Phi) is 5.19. The maximum Gasteiger partial charge on any atom is 0.255 e. The van der Waals surface area contributed by atoms with Crippen LogP contribution in [-0.4, -0.2) is 57.0 Å². The van der Waals surface area contributed by atoms with Crippen LogP contribution in [0, 0.1) is 6.92 Å². The third kappa shape index (κ3) is 3.81. The zero-order valence-electron chi connectivity index (χ0n) is 15.2. The van der Waals surface area contributed by atoms with Gasteiger partial charge in [0.05, 0.1) is 16.3 Å². The van der Waals surface area contributed by atoms with E-state index in [1.807, 2.05) is 31.3 Å². The van der Waals surface area contributed by atoms with Crippen molar-refractivity contribution in [1.82, 2.24) is 24.9 Å². The largest absolute Gasteiger partial charge is 0.352 e. The summed E-state index contributed by atoms with van der Waals surface area (Å²) in [4.78, 5) is 16.6. The molecule has 1 aliphatic rings. The van der Waals surface area contributed by atoms with Gasteiger partial charge in [0.25, 0.3) is 5.91 Å². The summed E-state index contributed by atoms with van der Waals surface area (Å²) in [5.41, 5.74) is 1.39. The van der Waals surface area contributed by atoms with Gasteiger partial charge in [-0.15, -0.1) is 10.2 Å². The lowest BCUT2D eigenvalue weighted by molar-refractivity contribution is 0.0746. The smallest absolute Gasteiger partial charge is 0.255 e. The zero-order valence-corrected chi connectivity index (χ0v) is 16.7. The molecule has 1 fully saturated rings. The number of hydrogen-bond donors (Lipinski definition) is 0. The molecule has 0 unspecified atom stereocenters. The molecule has 0 atom stereocenters. The number of rotatable bonds is 3. The summed E-state index contributed by atoms with van der Waals surface area (Å²) in [5, 5.41) is 13.8. The van der Waals surface area contributed by atoms with Gasteiger partial charge < -0.3 is 9.80 Å². The van der Waals surface area contributed by atoms with Crippen molar-refractivity contribution < 1.29 is 4.79 Å². The fourth-order valence-corrected chi connectivity index (χ4v) is 3.61. The van der Waals surface area contributed by atoms with Crippen molar-refractivity contribution in [1.29, 1.82) is 0 Å². The number of hydrogen-bond acceptors (Lipinski definition) is 5. The average molecular weight is 417 g/mol. The van der Waals surface area contributed by atoms with Gasteiger partial charge in [0.15, 0.2) is 11.6 Å². The molecule has 0 radical (unpaired) electrons. The molecule has 3 heterocycles. The molecule has 144 valence electrons. The van der Waals surface area contributed by atoms with Gasteiger partial charge in [-0.3, -0.25) is 4.79 Å². The third-order valence-electron chi connectivity index (χ3n) is 4.65. The van der Waals surface area contributed by atoms with Crippen molar-refractivity contribution >= 4 is 34.9 Å². The van der Waals surface area contributed by atoms with Gasteiger partial charge in [-0.1, -0.05) is 23.2 Å². The maximum absolute atomic E-state index is 12.7. The highest BCUT2D eigenvalue weighted by Gasteiger charge is 2.24. The second kappa shape index (κ2) is 7.77. The molecule has 2 aromatic heterocycles. The van der Waals surface area contributed by atoms with Gasteiger partial charge in [0, 0.05) is 37.4 Å². The van der Waals surface area contributed by atoms with E-state index in [1.165, 1.54) is 0 Å². The Hall–Kier alpha value is -2.64. The predicted molar refractivity (Wildman–Crippen MR) is 108 cm³/mol. The second-order valence-corrected chi connectivity index (χ2v) is 7.40. The topological polar surface area (TPSA) is 67.2 Å². The number of benzene rings is 1. The first-order valence-electron chi connectivity index (χ1n) is 8.87. The number of piperazine rings is 1. The van der Waals surface area contributed by atoms with E-state index in [0.717, 1.165) is 11.5 Å². The molecule has 0 aliphatic carbocycles. The maximum atomic E-state index is 12.7. The minimum absolute atomic E-state index is 0.0863. The van der Waals surface area contributed by atoms with Gasteiger partial charge in [-0.25, -0.2) is 4.68 Å². The first-order valence-corrected chi connectivity index (χ1v) is 9.62. The van der Waals surface area contributed by atoms with Crippen LogP contribution in [-0.2, 0) is 0 Å². The lowest BCUT2D eigenvalue weighted by atomic mass is 10.2. The Balaban J connectivity index is 1.40. The van der Waals surface area contributed by atoms with E-state index >= 15 is 0 Å². The first-order chi connectivity index (χ1) is 13.5. The van der Waals surface area contributed by atoms with E-state index in [9.17, 15) is 4.79 Å². The number of carbonyl (C=O) groups excluding carboxylic acids is 1. The summed E-state index contributed by atoms with van der Waals surface area (Å²) >= 11 is 12.1. The lowest BCUT2D eigenvalue weighted by Crippen LogP contribution is -2.49. The summed E-state index contributed by atoms with van der Waals surface area (Å²) in [7, 11) is 0. The number of carbonyl (C=O) groups is 1. The molecule has 1 saturated heterocycles. The summed E-state index contributed by atoms with van der Waals surface area (Å²) in [6.45, 7) is 4.44. The Labute approximate surface area is 172 Å². The standard InChI is InChI=1S/C19H18Cl2N6O/c1-13-6-7-27(24-13)18-5-4-17(22-23-18)25-8-10-26(11-9-25)19(28)15-3-2-14(20)12-16(15)21/h2-7,12H,8-11H2,1H3. The third-order valence-corrected chi connectivity index (χ3v) is 5.19.